The minimum Gasteiger partial charge on any atom is -0.504 e. The van der Waals surface area contributed by atoms with E-state index >= 15 is 0 Å². The summed E-state index contributed by atoms with van der Waals surface area (Å²) in [5.74, 6) is 1.77. The molecule has 2 rings (SSSR count). The topological polar surface area (TPSA) is 65.0 Å². The highest BCUT2D eigenvalue weighted by molar-refractivity contribution is 5.70. The average molecular weight is 372 g/mol. The monoisotopic (exact) mass is 372 g/mol. The predicted molar refractivity (Wildman–Crippen MR) is 105 cm³/mol. The third kappa shape index (κ3) is 4.73. The Hall–Kier alpha value is -2.69. The summed E-state index contributed by atoms with van der Waals surface area (Å²) >= 11 is 0. The van der Waals surface area contributed by atoms with Gasteiger partial charge in [0.2, 0.25) is 0 Å². The maximum absolute atomic E-state index is 11.5. The minimum atomic E-state index is -0.398. The van der Waals surface area contributed by atoms with Gasteiger partial charge in [-0.15, -0.1) is 0 Å². The van der Waals surface area contributed by atoms with Crippen LogP contribution in [0.5, 0.6) is 23.0 Å². The highest BCUT2D eigenvalue weighted by Gasteiger charge is 2.26. The third-order valence-electron chi connectivity index (χ3n) is 4.94. The summed E-state index contributed by atoms with van der Waals surface area (Å²) in [6.45, 7) is 7.90. The zero-order valence-electron chi connectivity index (χ0n) is 16.8. The fourth-order valence-electron chi connectivity index (χ4n) is 3.19. The molecule has 2 atom stereocenters. The molecule has 0 radical (unpaired) electrons. The maximum atomic E-state index is 11.5. The number of benzene rings is 2. The number of phenolic OH excluding ortho intramolecular Hbond substituents is 1. The Bertz CT molecular complexity index is 797. The standard InChI is InChI=1S/C22H28O5/c1-13(2)14(3)22(16-7-9-18(24)20(11-16)26-6)17-8-10-19(25-5)21(12-17)27-15(4)23/h7-14,22,24H,1-6H3. The lowest BCUT2D eigenvalue weighted by atomic mass is 9.76. The first kappa shape index (κ1) is 20.6. The van der Waals surface area contributed by atoms with E-state index < -0.39 is 5.97 Å². The largest absolute Gasteiger partial charge is 0.504 e. The molecule has 0 aliphatic rings. The van der Waals surface area contributed by atoms with E-state index in [2.05, 4.69) is 20.8 Å². The lowest BCUT2D eigenvalue weighted by molar-refractivity contribution is -0.132. The number of phenols is 1. The summed E-state index contributed by atoms with van der Waals surface area (Å²) in [7, 11) is 3.08. The normalized spacial score (nSPS) is 13.1. The second-order valence-corrected chi connectivity index (χ2v) is 7.02. The fourth-order valence-corrected chi connectivity index (χ4v) is 3.19. The first-order chi connectivity index (χ1) is 12.8. The summed E-state index contributed by atoms with van der Waals surface area (Å²) in [5, 5.41) is 9.95. The Labute approximate surface area is 160 Å². The Morgan fingerprint density at radius 1 is 0.889 bits per heavy atom. The molecule has 0 saturated carbocycles. The molecule has 0 aliphatic carbocycles. The van der Waals surface area contributed by atoms with Crippen LogP contribution in [0.15, 0.2) is 36.4 Å². The smallest absolute Gasteiger partial charge is 0.308 e. The quantitative estimate of drug-likeness (QED) is 0.561. The summed E-state index contributed by atoms with van der Waals surface area (Å²) in [6.07, 6.45) is 0. The van der Waals surface area contributed by atoms with Crippen molar-refractivity contribution < 1.29 is 24.1 Å². The van der Waals surface area contributed by atoms with Crippen molar-refractivity contribution in [2.24, 2.45) is 11.8 Å². The van der Waals surface area contributed by atoms with Crippen LogP contribution in [0, 0.1) is 11.8 Å². The first-order valence-corrected chi connectivity index (χ1v) is 9.01. The van der Waals surface area contributed by atoms with Crippen LogP contribution in [-0.4, -0.2) is 25.3 Å². The van der Waals surface area contributed by atoms with Gasteiger partial charge in [0.15, 0.2) is 23.0 Å². The lowest BCUT2D eigenvalue weighted by Crippen LogP contribution is -2.17. The molecule has 5 nitrogen and oxygen atoms in total. The van der Waals surface area contributed by atoms with Crippen LogP contribution in [0.3, 0.4) is 0 Å². The number of methoxy groups -OCH3 is 2. The second kappa shape index (κ2) is 8.80. The van der Waals surface area contributed by atoms with E-state index in [1.165, 1.54) is 14.0 Å². The molecule has 0 bridgehead atoms. The maximum Gasteiger partial charge on any atom is 0.308 e. The average Bonchev–Trinajstić information content (AvgIpc) is 2.62. The number of ether oxygens (including phenoxy) is 3. The van der Waals surface area contributed by atoms with E-state index in [0.29, 0.717) is 23.2 Å². The number of carbonyl (C=O) groups excluding carboxylic acids is 1. The van der Waals surface area contributed by atoms with E-state index in [-0.39, 0.29) is 17.6 Å². The van der Waals surface area contributed by atoms with Crippen LogP contribution in [0.2, 0.25) is 0 Å². The molecule has 146 valence electrons. The van der Waals surface area contributed by atoms with Crippen LogP contribution in [-0.2, 0) is 4.79 Å². The van der Waals surface area contributed by atoms with Crippen molar-refractivity contribution >= 4 is 5.97 Å². The van der Waals surface area contributed by atoms with Crippen molar-refractivity contribution in [1.82, 2.24) is 0 Å². The SMILES string of the molecule is COc1cc(C(c2ccc(OC)c(OC(C)=O)c2)C(C)C(C)C)ccc1O. The van der Waals surface area contributed by atoms with Crippen molar-refractivity contribution in [3.8, 4) is 23.0 Å². The highest BCUT2D eigenvalue weighted by atomic mass is 16.6. The van der Waals surface area contributed by atoms with E-state index in [4.69, 9.17) is 14.2 Å². The Balaban J connectivity index is 2.59. The van der Waals surface area contributed by atoms with Crippen LogP contribution in [0.4, 0.5) is 0 Å². The van der Waals surface area contributed by atoms with Crippen molar-refractivity contribution in [3.63, 3.8) is 0 Å². The Morgan fingerprint density at radius 3 is 1.96 bits per heavy atom. The summed E-state index contributed by atoms with van der Waals surface area (Å²) < 4.78 is 15.9. The number of rotatable bonds is 7. The van der Waals surface area contributed by atoms with E-state index in [1.807, 2.05) is 30.3 Å². The lowest BCUT2D eigenvalue weighted by Gasteiger charge is -2.29. The molecule has 0 saturated heterocycles. The zero-order chi connectivity index (χ0) is 20.1. The molecule has 0 fully saturated rings. The molecule has 0 aromatic heterocycles. The molecule has 1 N–H and O–H groups in total. The Morgan fingerprint density at radius 2 is 1.44 bits per heavy atom. The van der Waals surface area contributed by atoms with Gasteiger partial charge in [-0.3, -0.25) is 4.79 Å². The van der Waals surface area contributed by atoms with Gasteiger partial charge in [0.05, 0.1) is 14.2 Å². The van der Waals surface area contributed by atoms with Gasteiger partial charge in [-0.1, -0.05) is 32.9 Å². The molecule has 2 aromatic carbocycles. The summed E-state index contributed by atoms with van der Waals surface area (Å²) in [5.41, 5.74) is 2.02. The number of hydrogen-bond donors (Lipinski definition) is 1. The molecule has 2 aromatic rings. The molecule has 0 aliphatic heterocycles. The Kier molecular flexibility index (Phi) is 6.72. The first-order valence-electron chi connectivity index (χ1n) is 9.01. The minimum absolute atomic E-state index is 0.0275. The number of hydrogen-bond acceptors (Lipinski definition) is 5. The molecule has 0 amide bonds. The number of aromatic hydroxyl groups is 1. The predicted octanol–water partition coefficient (Wildman–Crippen LogP) is 4.76. The van der Waals surface area contributed by atoms with Gasteiger partial charge in [0.1, 0.15) is 0 Å². The van der Waals surface area contributed by atoms with Gasteiger partial charge < -0.3 is 19.3 Å². The van der Waals surface area contributed by atoms with E-state index in [0.717, 1.165) is 11.1 Å². The number of carbonyl (C=O) groups is 1. The van der Waals surface area contributed by atoms with Crippen molar-refractivity contribution in [2.45, 2.75) is 33.6 Å². The van der Waals surface area contributed by atoms with Crippen LogP contribution in [0.25, 0.3) is 0 Å². The summed E-state index contributed by atoms with van der Waals surface area (Å²) in [4.78, 5) is 11.5. The fraction of sp³-hybridized carbons (Fsp3) is 0.409. The molecule has 0 spiro atoms. The third-order valence-corrected chi connectivity index (χ3v) is 4.94. The van der Waals surface area contributed by atoms with E-state index in [1.54, 1.807) is 13.2 Å². The molecule has 27 heavy (non-hydrogen) atoms. The molecule has 5 heteroatoms. The van der Waals surface area contributed by atoms with Gasteiger partial charge >= 0.3 is 5.97 Å². The van der Waals surface area contributed by atoms with E-state index in [9.17, 15) is 9.90 Å². The van der Waals surface area contributed by atoms with Crippen molar-refractivity contribution in [1.29, 1.82) is 0 Å². The second-order valence-electron chi connectivity index (χ2n) is 7.02. The van der Waals surface area contributed by atoms with Gasteiger partial charge in [0.25, 0.3) is 0 Å². The highest BCUT2D eigenvalue weighted by Crippen LogP contribution is 2.41. The molecule has 0 heterocycles. The molecular formula is C22H28O5. The molecular weight excluding hydrogens is 344 g/mol. The molecule has 2 unspecified atom stereocenters. The van der Waals surface area contributed by atoms with Gasteiger partial charge in [0, 0.05) is 12.8 Å². The van der Waals surface area contributed by atoms with Crippen LogP contribution in [0.1, 0.15) is 44.7 Å². The van der Waals surface area contributed by atoms with Crippen molar-refractivity contribution in [3.05, 3.63) is 47.5 Å². The number of esters is 1. The van der Waals surface area contributed by atoms with Crippen molar-refractivity contribution in [2.75, 3.05) is 14.2 Å². The van der Waals surface area contributed by atoms with Crippen LogP contribution < -0.4 is 14.2 Å². The zero-order valence-corrected chi connectivity index (χ0v) is 16.8. The van der Waals surface area contributed by atoms with Gasteiger partial charge in [-0.25, -0.2) is 0 Å². The van der Waals surface area contributed by atoms with Gasteiger partial charge in [-0.2, -0.15) is 0 Å². The summed E-state index contributed by atoms with van der Waals surface area (Å²) in [6, 6.07) is 11.0. The van der Waals surface area contributed by atoms with Crippen LogP contribution >= 0.6 is 0 Å². The van der Waals surface area contributed by atoms with Gasteiger partial charge in [-0.05, 0) is 47.2 Å².